The lowest BCUT2D eigenvalue weighted by atomic mass is 9.92. The van der Waals surface area contributed by atoms with E-state index in [-0.39, 0.29) is 12.6 Å². The Kier molecular flexibility index (Phi) is 4.47. The number of imide groups is 1. The molecule has 0 bridgehead atoms. The van der Waals surface area contributed by atoms with E-state index in [1.54, 1.807) is 38.3 Å². The highest BCUT2D eigenvalue weighted by molar-refractivity contribution is 6.07. The summed E-state index contributed by atoms with van der Waals surface area (Å²) in [7, 11) is 1.56. The third-order valence-corrected chi connectivity index (χ3v) is 4.74. The second kappa shape index (κ2) is 6.41. The quantitative estimate of drug-likeness (QED) is 0.799. The molecular weight excluding hydrogens is 310 g/mol. The number of amides is 3. The van der Waals surface area contributed by atoms with Crippen LogP contribution in [0.5, 0.6) is 5.75 Å². The van der Waals surface area contributed by atoms with Gasteiger partial charge >= 0.3 is 6.03 Å². The van der Waals surface area contributed by atoms with Crippen molar-refractivity contribution in [3.05, 3.63) is 29.8 Å². The van der Waals surface area contributed by atoms with Crippen molar-refractivity contribution >= 4 is 11.9 Å². The predicted molar refractivity (Wildman–Crippen MR) is 87.4 cm³/mol. The molecule has 0 saturated carbocycles. The number of methoxy groups -OCH3 is 1. The number of β-amino-alcohol motifs (C(OH)–C–C–N with tert-alkyl or cyclic N) is 1. The van der Waals surface area contributed by atoms with Gasteiger partial charge in [-0.2, -0.15) is 0 Å². The highest BCUT2D eigenvalue weighted by Gasteiger charge is 2.49. The number of aliphatic hydroxyl groups is 1. The molecule has 3 rings (SSSR count). The van der Waals surface area contributed by atoms with Gasteiger partial charge in [0.1, 0.15) is 11.3 Å². The van der Waals surface area contributed by atoms with Crippen molar-refractivity contribution in [2.45, 2.75) is 31.4 Å². The summed E-state index contributed by atoms with van der Waals surface area (Å²) in [5.41, 5.74) is -0.429. The van der Waals surface area contributed by atoms with Crippen LogP contribution < -0.4 is 10.1 Å². The Morgan fingerprint density at radius 3 is 2.92 bits per heavy atom. The van der Waals surface area contributed by atoms with Gasteiger partial charge in [0.2, 0.25) is 0 Å². The van der Waals surface area contributed by atoms with Crippen LogP contribution >= 0.6 is 0 Å². The molecule has 3 amide bonds. The Morgan fingerprint density at radius 2 is 2.21 bits per heavy atom. The molecule has 1 aromatic rings. The molecule has 0 aromatic heterocycles. The fourth-order valence-corrected chi connectivity index (χ4v) is 3.31. The van der Waals surface area contributed by atoms with E-state index in [1.165, 1.54) is 4.90 Å². The second-order valence-corrected chi connectivity index (χ2v) is 6.53. The van der Waals surface area contributed by atoms with Crippen molar-refractivity contribution in [2.24, 2.45) is 0 Å². The van der Waals surface area contributed by atoms with E-state index in [9.17, 15) is 14.7 Å². The third-order valence-electron chi connectivity index (χ3n) is 4.74. The number of carbonyl (C=O) groups excluding carboxylic acids is 2. The maximum Gasteiger partial charge on any atom is 0.326 e. The van der Waals surface area contributed by atoms with Gasteiger partial charge in [0.05, 0.1) is 19.9 Å². The van der Waals surface area contributed by atoms with Crippen molar-refractivity contribution in [3.8, 4) is 5.75 Å². The number of aliphatic hydroxyl groups excluding tert-OH is 1. The number of hydrogen-bond donors (Lipinski definition) is 2. The second-order valence-electron chi connectivity index (χ2n) is 6.53. The zero-order valence-corrected chi connectivity index (χ0v) is 14.0. The van der Waals surface area contributed by atoms with E-state index < -0.39 is 17.7 Å². The smallest absolute Gasteiger partial charge is 0.326 e. The maximum atomic E-state index is 12.9. The monoisotopic (exact) mass is 333 g/mol. The van der Waals surface area contributed by atoms with E-state index in [1.807, 2.05) is 4.90 Å². The first kappa shape index (κ1) is 16.7. The minimum absolute atomic E-state index is 0.196. The number of carbonyl (C=O) groups is 2. The standard InChI is InChI=1S/C17H23N3O4/c1-17(12-5-3-7-14(9-12)24-2)15(22)20(16(23)18-17)11-19-8-4-6-13(21)10-19/h3,5,7,9,13,21H,4,6,8,10-11H2,1-2H3,(H,18,23)/t13-,17+/m0/s1. The van der Waals surface area contributed by atoms with E-state index in [2.05, 4.69) is 5.32 Å². The fourth-order valence-electron chi connectivity index (χ4n) is 3.31. The summed E-state index contributed by atoms with van der Waals surface area (Å²) in [6, 6.07) is 6.73. The van der Waals surface area contributed by atoms with Crippen LogP contribution in [0.4, 0.5) is 4.79 Å². The molecule has 2 saturated heterocycles. The molecule has 2 aliphatic heterocycles. The van der Waals surface area contributed by atoms with Crippen LogP contribution in [-0.2, 0) is 10.3 Å². The molecule has 24 heavy (non-hydrogen) atoms. The maximum absolute atomic E-state index is 12.9. The first-order chi connectivity index (χ1) is 11.4. The molecule has 1 aromatic carbocycles. The number of urea groups is 1. The van der Waals surface area contributed by atoms with Crippen LogP contribution in [0.2, 0.25) is 0 Å². The average molecular weight is 333 g/mol. The summed E-state index contributed by atoms with van der Waals surface area (Å²) in [4.78, 5) is 28.4. The van der Waals surface area contributed by atoms with Crippen LogP contribution in [-0.4, -0.2) is 59.8 Å². The van der Waals surface area contributed by atoms with Gasteiger partial charge in [-0.05, 0) is 37.5 Å². The number of rotatable bonds is 4. The number of benzene rings is 1. The molecule has 0 unspecified atom stereocenters. The molecule has 0 spiro atoms. The van der Waals surface area contributed by atoms with Gasteiger partial charge in [-0.25, -0.2) is 9.69 Å². The van der Waals surface area contributed by atoms with E-state index in [4.69, 9.17) is 4.74 Å². The van der Waals surface area contributed by atoms with E-state index >= 15 is 0 Å². The lowest BCUT2D eigenvalue weighted by Crippen LogP contribution is -2.47. The van der Waals surface area contributed by atoms with Crippen LogP contribution in [0.15, 0.2) is 24.3 Å². The Morgan fingerprint density at radius 1 is 1.42 bits per heavy atom. The number of piperidine rings is 1. The van der Waals surface area contributed by atoms with Crippen molar-refractivity contribution in [1.29, 1.82) is 0 Å². The molecular formula is C17H23N3O4. The van der Waals surface area contributed by atoms with Gasteiger partial charge in [0, 0.05) is 13.1 Å². The minimum atomic E-state index is -1.11. The largest absolute Gasteiger partial charge is 0.497 e. The van der Waals surface area contributed by atoms with Gasteiger partial charge in [-0.3, -0.25) is 9.69 Å². The zero-order chi connectivity index (χ0) is 17.3. The molecule has 2 aliphatic rings. The molecule has 7 heteroatoms. The van der Waals surface area contributed by atoms with Gasteiger partial charge in [-0.1, -0.05) is 12.1 Å². The molecule has 2 atom stereocenters. The summed E-state index contributed by atoms with van der Waals surface area (Å²) in [6.07, 6.45) is 1.22. The number of likely N-dealkylation sites (tertiary alicyclic amines) is 1. The lowest BCUT2D eigenvalue weighted by molar-refractivity contribution is -0.133. The van der Waals surface area contributed by atoms with Gasteiger partial charge < -0.3 is 15.2 Å². The molecule has 2 fully saturated rings. The molecule has 0 radical (unpaired) electrons. The first-order valence-corrected chi connectivity index (χ1v) is 8.13. The Bertz CT molecular complexity index is 650. The highest BCUT2D eigenvalue weighted by Crippen LogP contribution is 2.31. The molecule has 2 N–H and O–H groups in total. The van der Waals surface area contributed by atoms with Gasteiger partial charge in [0.25, 0.3) is 5.91 Å². The Labute approximate surface area is 141 Å². The topological polar surface area (TPSA) is 82.1 Å². The number of hydrogen-bond acceptors (Lipinski definition) is 5. The van der Waals surface area contributed by atoms with Gasteiger partial charge in [-0.15, -0.1) is 0 Å². The van der Waals surface area contributed by atoms with Gasteiger partial charge in [0.15, 0.2) is 0 Å². The minimum Gasteiger partial charge on any atom is -0.497 e. The summed E-state index contributed by atoms with van der Waals surface area (Å²) >= 11 is 0. The van der Waals surface area contributed by atoms with Crippen LogP contribution in [0.1, 0.15) is 25.3 Å². The third kappa shape index (κ3) is 2.97. The Balaban J connectivity index is 1.79. The number of nitrogens with zero attached hydrogens (tertiary/aromatic N) is 2. The average Bonchev–Trinajstić information content (AvgIpc) is 2.79. The van der Waals surface area contributed by atoms with Crippen LogP contribution in [0.3, 0.4) is 0 Å². The zero-order valence-electron chi connectivity index (χ0n) is 14.0. The number of ether oxygens (including phenoxy) is 1. The van der Waals surface area contributed by atoms with E-state index in [0.29, 0.717) is 17.9 Å². The summed E-state index contributed by atoms with van der Waals surface area (Å²) in [5, 5.41) is 12.6. The molecule has 2 heterocycles. The summed E-state index contributed by atoms with van der Waals surface area (Å²) < 4.78 is 5.21. The van der Waals surface area contributed by atoms with Crippen molar-refractivity contribution in [2.75, 3.05) is 26.9 Å². The Hall–Kier alpha value is -2.12. The van der Waals surface area contributed by atoms with Crippen molar-refractivity contribution in [1.82, 2.24) is 15.1 Å². The molecule has 7 nitrogen and oxygen atoms in total. The van der Waals surface area contributed by atoms with Crippen molar-refractivity contribution < 1.29 is 19.4 Å². The molecule has 130 valence electrons. The van der Waals surface area contributed by atoms with E-state index in [0.717, 1.165) is 19.4 Å². The predicted octanol–water partition coefficient (Wildman–Crippen LogP) is 0.876. The summed E-state index contributed by atoms with van der Waals surface area (Å²) in [6.45, 7) is 3.14. The van der Waals surface area contributed by atoms with Crippen LogP contribution in [0, 0.1) is 0 Å². The SMILES string of the molecule is COc1cccc([C@@]2(C)NC(=O)N(CN3CCC[C@H](O)C3)C2=O)c1. The van der Waals surface area contributed by atoms with Crippen LogP contribution in [0.25, 0.3) is 0 Å². The fraction of sp³-hybridized carbons (Fsp3) is 0.529. The normalized spacial score (nSPS) is 28.1. The number of nitrogens with one attached hydrogen (secondary N) is 1. The molecule has 0 aliphatic carbocycles. The first-order valence-electron chi connectivity index (χ1n) is 8.13. The highest BCUT2D eigenvalue weighted by atomic mass is 16.5. The lowest BCUT2D eigenvalue weighted by Gasteiger charge is -2.32. The van der Waals surface area contributed by atoms with Crippen molar-refractivity contribution in [3.63, 3.8) is 0 Å². The summed E-state index contributed by atoms with van der Waals surface area (Å²) in [5.74, 6) is 0.342.